The zero-order chi connectivity index (χ0) is 9.68. The van der Waals surface area contributed by atoms with Crippen LogP contribution in [0, 0.1) is 0 Å². The van der Waals surface area contributed by atoms with Crippen molar-refractivity contribution < 1.29 is 5.11 Å². The van der Waals surface area contributed by atoms with Crippen LogP contribution in [0.5, 0.6) is 0 Å². The molecule has 0 aromatic heterocycles. The predicted molar refractivity (Wildman–Crippen MR) is 64.0 cm³/mol. The molecule has 0 bridgehead atoms. The Hall–Kier alpha value is -0.350. The van der Waals surface area contributed by atoms with Crippen molar-refractivity contribution in [2.45, 2.75) is 13.3 Å². The largest absolute Gasteiger partial charge is 0.392 e. The molecule has 70 valence electrons. The SMILES string of the molecule is C/C(CO)=C(/I)Cc1ccccc1. The van der Waals surface area contributed by atoms with E-state index in [1.165, 1.54) is 9.14 Å². The summed E-state index contributed by atoms with van der Waals surface area (Å²) >= 11 is 2.29. The molecule has 0 atom stereocenters. The first kappa shape index (κ1) is 10.7. The molecule has 0 aliphatic heterocycles. The average molecular weight is 288 g/mol. The van der Waals surface area contributed by atoms with Gasteiger partial charge in [0.05, 0.1) is 6.61 Å². The molecule has 0 saturated carbocycles. The van der Waals surface area contributed by atoms with E-state index in [0.717, 1.165) is 12.0 Å². The first-order valence-corrected chi connectivity index (χ1v) is 5.31. The number of aliphatic hydroxyl groups is 1. The lowest BCUT2D eigenvalue weighted by Crippen LogP contribution is -1.91. The van der Waals surface area contributed by atoms with Gasteiger partial charge in [-0.05, 0) is 44.2 Å². The minimum Gasteiger partial charge on any atom is -0.392 e. The molecule has 0 spiro atoms. The van der Waals surface area contributed by atoms with Gasteiger partial charge in [-0.25, -0.2) is 0 Å². The zero-order valence-electron chi connectivity index (χ0n) is 7.63. The van der Waals surface area contributed by atoms with Crippen molar-refractivity contribution in [2.75, 3.05) is 6.61 Å². The van der Waals surface area contributed by atoms with Gasteiger partial charge in [-0.2, -0.15) is 0 Å². The second kappa shape index (κ2) is 5.40. The van der Waals surface area contributed by atoms with E-state index in [1.54, 1.807) is 0 Å². The van der Waals surface area contributed by atoms with Crippen LogP contribution in [0.4, 0.5) is 0 Å². The van der Waals surface area contributed by atoms with E-state index in [2.05, 4.69) is 34.7 Å². The van der Waals surface area contributed by atoms with Crippen LogP contribution >= 0.6 is 22.6 Å². The molecule has 13 heavy (non-hydrogen) atoms. The van der Waals surface area contributed by atoms with Crippen molar-refractivity contribution in [2.24, 2.45) is 0 Å². The Kier molecular flexibility index (Phi) is 4.45. The van der Waals surface area contributed by atoms with E-state index in [9.17, 15) is 0 Å². The lowest BCUT2D eigenvalue weighted by Gasteiger charge is -2.03. The molecule has 1 N–H and O–H groups in total. The van der Waals surface area contributed by atoms with Gasteiger partial charge in [-0.3, -0.25) is 0 Å². The molecule has 0 fully saturated rings. The zero-order valence-corrected chi connectivity index (χ0v) is 9.78. The highest BCUT2D eigenvalue weighted by Gasteiger charge is 1.98. The molecule has 0 unspecified atom stereocenters. The van der Waals surface area contributed by atoms with E-state index in [0.29, 0.717) is 0 Å². The Morgan fingerprint density at radius 2 is 1.92 bits per heavy atom. The van der Waals surface area contributed by atoms with Gasteiger partial charge in [0.25, 0.3) is 0 Å². The van der Waals surface area contributed by atoms with Crippen molar-refractivity contribution >= 4 is 22.6 Å². The Morgan fingerprint density at radius 3 is 2.46 bits per heavy atom. The fraction of sp³-hybridized carbons (Fsp3) is 0.273. The maximum atomic E-state index is 8.92. The lowest BCUT2D eigenvalue weighted by atomic mass is 10.1. The summed E-state index contributed by atoms with van der Waals surface area (Å²) in [6.07, 6.45) is 0.924. The van der Waals surface area contributed by atoms with Crippen LogP contribution in [0.1, 0.15) is 12.5 Å². The molecule has 1 nitrogen and oxygen atoms in total. The van der Waals surface area contributed by atoms with Crippen molar-refractivity contribution in [1.82, 2.24) is 0 Å². The molecule has 0 amide bonds. The highest BCUT2D eigenvalue weighted by Crippen LogP contribution is 2.18. The van der Waals surface area contributed by atoms with Crippen molar-refractivity contribution in [3.8, 4) is 0 Å². The van der Waals surface area contributed by atoms with E-state index >= 15 is 0 Å². The van der Waals surface area contributed by atoms with Crippen molar-refractivity contribution in [1.29, 1.82) is 0 Å². The van der Waals surface area contributed by atoms with Gasteiger partial charge in [0.15, 0.2) is 0 Å². The summed E-state index contributed by atoms with van der Waals surface area (Å²) in [7, 11) is 0. The van der Waals surface area contributed by atoms with Gasteiger partial charge in [0.1, 0.15) is 0 Å². The Morgan fingerprint density at radius 1 is 1.31 bits per heavy atom. The molecule has 1 aromatic rings. The number of hydrogen-bond acceptors (Lipinski definition) is 1. The van der Waals surface area contributed by atoms with E-state index in [4.69, 9.17) is 5.11 Å². The third-order valence-corrected chi connectivity index (χ3v) is 3.20. The number of benzene rings is 1. The summed E-state index contributed by atoms with van der Waals surface area (Å²) in [5, 5.41) is 8.92. The Labute approximate surface area is 92.6 Å². The van der Waals surface area contributed by atoms with Crippen molar-refractivity contribution in [3.63, 3.8) is 0 Å². The van der Waals surface area contributed by atoms with Crippen LogP contribution in [0.2, 0.25) is 0 Å². The molecule has 2 heteroatoms. The van der Waals surface area contributed by atoms with Crippen LogP contribution in [-0.4, -0.2) is 11.7 Å². The van der Waals surface area contributed by atoms with E-state index < -0.39 is 0 Å². The highest BCUT2D eigenvalue weighted by molar-refractivity contribution is 14.1. The number of allylic oxidation sites excluding steroid dienone is 1. The summed E-state index contributed by atoms with van der Waals surface area (Å²) in [5.74, 6) is 0. The van der Waals surface area contributed by atoms with Gasteiger partial charge in [-0.1, -0.05) is 30.3 Å². The summed E-state index contributed by atoms with van der Waals surface area (Å²) in [4.78, 5) is 0. The number of aliphatic hydroxyl groups excluding tert-OH is 1. The molecule has 0 radical (unpaired) electrons. The second-order valence-electron chi connectivity index (χ2n) is 3.01. The first-order valence-electron chi connectivity index (χ1n) is 4.23. The Balaban J connectivity index is 2.70. The third-order valence-electron chi connectivity index (χ3n) is 1.90. The van der Waals surface area contributed by atoms with Crippen LogP contribution in [0.3, 0.4) is 0 Å². The average Bonchev–Trinajstić information content (AvgIpc) is 2.18. The number of halogens is 1. The standard InChI is InChI=1S/C11H13IO/c1-9(8-13)11(12)7-10-5-3-2-4-6-10/h2-6,13H,7-8H2,1H3/b11-9-. The van der Waals surface area contributed by atoms with Gasteiger partial charge >= 0.3 is 0 Å². The lowest BCUT2D eigenvalue weighted by molar-refractivity contribution is 0.331. The van der Waals surface area contributed by atoms with Crippen LogP contribution in [0.15, 0.2) is 39.5 Å². The van der Waals surface area contributed by atoms with Gasteiger partial charge in [0, 0.05) is 6.42 Å². The summed E-state index contributed by atoms with van der Waals surface area (Å²) in [6, 6.07) is 10.3. The van der Waals surface area contributed by atoms with E-state index in [1.807, 2.05) is 25.1 Å². The summed E-state index contributed by atoms with van der Waals surface area (Å²) in [5.41, 5.74) is 2.35. The quantitative estimate of drug-likeness (QED) is 0.848. The molecule has 1 rings (SSSR count). The summed E-state index contributed by atoms with van der Waals surface area (Å²) < 4.78 is 1.23. The first-order chi connectivity index (χ1) is 6.24. The third kappa shape index (κ3) is 3.48. The normalized spacial score (nSPS) is 12.5. The van der Waals surface area contributed by atoms with E-state index in [-0.39, 0.29) is 6.61 Å². The molecule has 0 saturated heterocycles. The van der Waals surface area contributed by atoms with Crippen molar-refractivity contribution in [3.05, 3.63) is 45.0 Å². The number of rotatable bonds is 3. The fourth-order valence-corrected chi connectivity index (χ4v) is 1.62. The fourth-order valence-electron chi connectivity index (χ4n) is 1.01. The molecule has 0 aliphatic rings. The maximum absolute atomic E-state index is 8.92. The molecular weight excluding hydrogens is 275 g/mol. The molecular formula is C11H13IO. The summed E-state index contributed by atoms with van der Waals surface area (Å²) in [6.45, 7) is 2.12. The maximum Gasteiger partial charge on any atom is 0.0649 e. The Bertz CT molecular complexity index is 290. The molecule has 0 heterocycles. The number of hydrogen-bond donors (Lipinski definition) is 1. The monoisotopic (exact) mass is 288 g/mol. The van der Waals surface area contributed by atoms with Gasteiger partial charge in [0.2, 0.25) is 0 Å². The molecule has 1 aromatic carbocycles. The topological polar surface area (TPSA) is 20.2 Å². The predicted octanol–water partition coefficient (Wildman–Crippen LogP) is 2.93. The minimum atomic E-state index is 0.158. The second-order valence-corrected chi connectivity index (χ2v) is 4.31. The van der Waals surface area contributed by atoms with Crippen LogP contribution in [0.25, 0.3) is 0 Å². The van der Waals surface area contributed by atoms with Crippen LogP contribution in [-0.2, 0) is 6.42 Å². The smallest absolute Gasteiger partial charge is 0.0649 e. The van der Waals surface area contributed by atoms with Gasteiger partial charge < -0.3 is 5.11 Å². The molecule has 0 aliphatic carbocycles. The van der Waals surface area contributed by atoms with Gasteiger partial charge in [-0.15, -0.1) is 0 Å². The van der Waals surface area contributed by atoms with Crippen LogP contribution < -0.4 is 0 Å². The highest BCUT2D eigenvalue weighted by atomic mass is 127. The minimum absolute atomic E-state index is 0.158.